The van der Waals surface area contributed by atoms with Crippen LogP contribution in [0.5, 0.6) is 0 Å². The number of amides is 2. The molecule has 3 N–H and O–H groups in total. The minimum absolute atomic E-state index is 0.104. The zero-order chi connectivity index (χ0) is 12.1. The fraction of sp³-hybridized carbons (Fsp3) is 0.800. The molecule has 0 bridgehead atoms. The van der Waals surface area contributed by atoms with Gasteiger partial charge in [-0.1, -0.05) is 0 Å². The summed E-state index contributed by atoms with van der Waals surface area (Å²) < 4.78 is 0. The largest absolute Gasteiger partial charge is 0.357 e. The van der Waals surface area contributed by atoms with Gasteiger partial charge in [-0.05, 0) is 27.7 Å². The Balaban J connectivity index is 3.89. The molecule has 0 saturated heterocycles. The van der Waals surface area contributed by atoms with Gasteiger partial charge in [0.2, 0.25) is 11.8 Å². The highest BCUT2D eigenvalue weighted by molar-refractivity contribution is 5.87. The maximum atomic E-state index is 11.4. The van der Waals surface area contributed by atoms with E-state index in [1.807, 2.05) is 20.8 Å². The number of hydrogen-bond acceptors (Lipinski definition) is 3. The summed E-state index contributed by atoms with van der Waals surface area (Å²) >= 11 is 0. The molecule has 0 aromatic rings. The summed E-state index contributed by atoms with van der Waals surface area (Å²) in [6, 6.07) is -0.496. The molecule has 0 aromatic heterocycles. The Hall–Kier alpha value is -1.10. The van der Waals surface area contributed by atoms with Crippen molar-refractivity contribution in [1.82, 2.24) is 16.0 Å². The second kappa shape index (κ2) is 5.70. The molecule has 0 aliphatic heterocycles. The Labute approximate surface area is 91.0 Å². The maximum Gasteiger partial charge on any atom is 0.242 e. The highest BCUT2D eigenvalue weighted by Crippen LogP contribution is 1.96. The lowest BCUT2D eigenvalue weighted by Crippen LogP contribution is -2.49. The quantitative estimate of drug-likeness (QED) is 0.599. The molecule has 1 atom stereocenters. The van der Waals surface area contributed by atoms with Crippen LogP contribution in [0.3, 0.4) is 0 Å². The van der Waals surface area contributed by atoms with Crippen LogP contribution in [-0.2, 0) is 9.59 Å². The van der Waals surface area contributed by atoms with Crippen LogP contribution in [-0.4, -0.2) is 37.0 Å². The van der Waals surface area contributed by atoms with Crippen molar-refractivity contribution >= 4 is 11.8 Å². The molecule has 1 unspecified atom stereocenters. The average molecular weight is 215 g/mol. The van der Waals surface area contributed by atoms with Crippen molar-refractivity contribution in [3.63, 3.8) is 0 Å². The van der Waals surface area contributed by atoms with Gasteiger partial charge in [-0.15, -0.1) is 0 Å². The summed E-state index contributed by atoms with van der Waals surface area (Å²) in [4.78, 5) is 22.5. The molecule has 0 aliphatic carbocycles. The van der Waals surface area contributed by atoms with E-state index in [1.165, 1.54) is 0 Å². The maximum absolute atomic E-state index is 11.4. The van der Waals surface area contributed by atoms with Crippen molar-refractivity contribution in [3.05, 3.63) is 0 Å². The molecule has 0 spiro atoms. The summed E-state index contributed by atoms with van der Waals surface area (Å²) in [5.41, 5.74) is -0.104. The molecule has 0 aliphatic rings. The minimum Gasteiger partial charge on any atom is -0.357 e. The van der Waals surface area contributed by atoms with Crippen LogP contribution in [0.1, 0.15) is 27.7 Å². The predicted octanol–water partition coefficient (Wildman–Crippen LogP) is -0.375. The third-order valence-electron chi connectivity index (χ3n) is 1.80. The normalized spacial score (nSPS) is 13.1. The number of likely N-dealkylation sites (N-methyl/N-ethyl adjacent to an activating group) is 1. The first-order valence-electron chi connectivity index (χ1n) is 5.02. The first-order chi connectivity index (χ1) is 6.76. The van der Waals surface area contributed by atoms with E-state index in [9.17, 15) is 9.59 Å². The summed E-state index contributed by atoms with van der Waals surface area (Å²) in [5, 5.41) is 8.10. The third kappa shape index (κ3) is 6.90. The van der Waals surface area contributed by atoms with Gasteiger partial charge in [0.05, 0.1) is 6.54 Å². The smallest absolute Gasteiger partial charge is 0.242 e. The standard InChI is InChI=1S/C10H21N3O2/c1-7(9(15)11-5)13-8(14)6-12-10(2,3)4/h7,12H,6H2,1-5H3,(H,11,15)(H,13,14). The lowest BCUT2D eigenvalue weighted by molar-refractivity contribution is -0.128. The van der Waals surface area contributed by atoms with Crippen LogP contribution in [0, 0.1) is 0 Å². The zero-order valence-electron chi connectivity index (χ0n) is 10.1. The van der Waals surface area contributed by atoms with Crippen LogP contribution in [0.25, 0.3) is 0 Å². The number of carbonyl (C=O) groups excluding carboxylic acids is 2. The number of nitrogens with one attached hydrogen (secondary N) is 3. The fourth-order valence-electron chi connectivity index (χ4n) is 0.920. The van der Waals surface area contributed by atoms with Crippen LogP contribution in [0.4, 0.5) is 0 Å². The van der Waals surface area contributed by atoms with Gasteiger partial charge in [0.1, 0.15) is 6.04 Å². The van der Waals surface area contributed by atoms with Crippen molar-refractivity contribution in [1.29, 1.82) is 0 Å². The van der Waals surface area contributed by atoms with E-state index in [0.717, 1.165) is 0 Å². The van der Waals surface area contributed by atoms with Crippen molar-refractivity contribution in [2.24, 2.45) is 0 Å². The van der Waals surface area contributed by atoms with Crippen molar-refractivity contribution in [2.75, 3.05) is 13.6 Å². The number of hydrogen-bond donors (Lipinski definition) is 3. The van der Waals surface area contributed by atoms with Crippen LogP contribution in [0.2, 0.25) is 0 Å². The average Bonchev–Trinajstić information content (AvgIpc) is 2.12. The summed E-state index contributed by atoms with van der Waals surface area (Å²) in [6.07, 6.45) is 0. The molecule has 88 valence electrons. The molecule has 5 heteroatoms. The minimum atomic E-state index is -0.496. The monoisotopic (exact) mass is 215 g/mol. The van der Waals surface area contributed by atoms with E-state index >= 15 is 0 Å². The lowest BCUT2D eigenvalue weighted by Gasteiger charge is -2.21. The molecule has 0 radical (unpaired) electrons. The SMILES string of the molecule is CNC(=O)C(C)NC(=O)CNC(C)(C)C. The number of rotatable bonds is 4. The van der Waals surface area contributed by atoms with E-state index in [-0.39, 0.29) is 23.9 Å². The van der Waals surface area contributed by atoms with Gasteiger partial charge in [0.25, 0.3) is 0 Å². The first-order valence-corrected chi connectivity index (χ1v) is 5.02. The Morgan fingerprint density at radius 1 is 1.27 bits per heavy atom. The molecule has 0 fully saturated rings. The van der Waals surface area contributed by atoms with Gasteiger partial charge in [-0.2, -0.15) is 0 Å². The molecular weight excluding hydrogens is 194 g/mol. The second-order valence-electron chi connectivity index (χ2n) is 4.51. The summed E-state index contributed by atoms with van der Waals surface area (Å²) in [5.74, 6) is -0.375. The number of carbonyl (C=O) groups is 2. The van der Waals surface area contributed by atoms with E-state index < -0.39 is 6.04 Å². The molecule has 0 aromatic carbocycles. The van der Waals surface area contributed by atoms with Gasteiger partial charge < -0.3 is 16.0 Å². The Morgan fingerprint density at radius 3 is 2.20 bits per heavy atom. The predicted molar refractivity (Wildman–Crippen MR) is 59.4 cm³/mol. The van der Waals surface area contributed by atoms with E-state index in [0.29, 0.717) is 0 Å². The molecular formula is C10H21N3O2. The second-order valence-corrected chi connectivity index (χ2v) is 4.51. The Kier molecular flexibility index (Phi) is 5.28. The van der Waals surface area contributed by atoms with Crippen molar-refractivity contribution in [2.45, 2.75) is 39.3 Å². The fourth-order valence-corrected chi connectivity index (χ4v) is 0.920. The van der Waals surface area contributed by atoms with E-state index in [2.05, 4.69) is 16.0 Å². The van der Waals surface area contributed by atoms with E-state index in [4.69, 9.17) is 0 Å². The summed E-state index contributed by atoms with van der Waals surface area (Å²) in [7, 11) is 1.54. The Bertz CT molecular complexity index is 233. The molecule has 15 heavy (non-hydrogen) atoms. The zero-order valence-corrected chi connectivity index (χ0v) is 10.1. The topological polar surface area (TPSA) is 70.2 Å². The van der Waals surface area contributed by atoms with Gasteiger partial charge in [0, 0.05) is 12.6 Å². The van der Waals surface area contributed by atoms with Crippen LogP contribution < -0.4 is 16.0 Å². The molecule has 2 amide bonds. The van der Waals surface area contributed by atoms with Crippen LogP contribution >= 0.6 is 0 Å². The highest BCUT2D eigenvalue weighted by atomic mass is 16.2. The lowest BCUT2D eigenvalue weighted by atomic mass is 10.1. The van der Waals surface area contributed by atoms with Gasteiger partial charge >= 0.3 is 0 Å². The Morgan fingerprint density at radius 2 is 1.80 bits per heavy atom. The third-order valence-corrected chi connectivity index (χ3v) is 1.80. The van der Waals surface area contributed by atoms with E-state index in [1.54, 1.807) is 14.0 Å². The van der Waals surface area contributed by atoms with Crippen molar-refractivity contribution < 1.29 is 9.59 Å². The summed E-state index contributed by atoms with van der Waals surface area (Å²) in [6.45, 7) is 7.78. The molecule has 0 heterocycles. The first kappa shape index (κ1) is 13.9. The van der Waals surface area contributed by atoms with Gasteiger partial charge in [-0.25, -0.2) is 0 Å². The molecule has 5 nitrogen and oxygen atoms in total. The molecule has 0 rings (SSSR count). The molecule has 0 saturated carbocycles. The van der Waals surface area contributed by atoms with Crippen molar-refractivity contribution in [3.8, 4) is 0 Å². The van der Waals surface area contributed by atoms with Gasteiger partial charge in [-0.3, -0.25) is 9.59 Å². The van der Waals surface area contributed by atoms with Crippen LogP contribution in [0.15, 0.2) is 0 Å². The van der Waals surface area contributed by atoms with Gasteiger partial charge in [0.15, 0.2) is 0 Å². The highest BCUT2D eigenvalue weighted by Gasteiger charge is 2.15.